The van der Waals surface area contributed by atoms with E-state index in [9.17, 15) is 4.79 Å². The molecule has 1 saturated heterocycles. The number of amides is 1. The van der Waals surface area contributed by atoms with Crippen molar-refractivity contribution in [2.75, 3.05) is 32.8 Å². The predicted molar refractivity (Wildman–Crippen MR) is 109 cm³/mol. The molecule has 150 valence electrons. The maximum Gasteiger partial charge on any atom is 0.241 e. The van der Waals surface area contributed by atoms with Crippen molar-refractivity contribution in [1.82, 2.24) is 19.9 Å². The average molecular weight is 410 g/mol. The first-order valence-corrected chi connectivity index (χ1v) is 10.7. The lowest BCUT2D eigenvalue weighted by Gasteiger charge is -2.36. The predicted octanol–water partition coefficient (Wildman–Crippen LogP) is 2.69. The van der Waals surface area contributed by atoms with Crippen LogP contribution in [0.25, 0.3) is 10.7 Å². The molecule has 0 N–H and O–H groups in total. The molecular formula is C21H22N4O3S. The fourth-order valence-corrected chi connectivity index (χ4v) is 4.54. The zero-order chi connectivity index (χ0) is 19.6. The van der Waals surface area contributed by atoms with Crippen LogP contribution in [0.15, 0.2) is 46.3 Å². The normalized spacial score (nSPS) is 19.6. The van der Waals surface area contributed by atoms with Crippen molar-refractivity contribution >= 4 is 17.2 Å². The van der Waals surface area contributed by atoms with E-state index in [0.717, 1.165) is 35.7 Å². The summed E-state index contributed by atoms with van der Waals surface area (Å²) in [6.45, 7) is 4.09. The van der Waals surface area contributed by atoms with Crippen molar-refractivity contribution in [3.8, 4) is 16.5 Å². The van der Waals surface area contributed by atoms with E-state index in [4.69, 9.17) is 9.26 Å². The molecule has 0 spiro atoms. The van der Waals surface area contributed by atoms with Crippen LogP contribution in [-0.2, 0) is 17.8 Å². The zero-order valence-electron chi connectivity index (χ0n) is 16.0. The molecule has 1 amide bonds. The molecule has 4 heterocycles. The molecule has 29 heavy (non-hydrogen) atoms. The maximum atomic E-state index is 13.0. The summed E-state index contributed by atoms with van der Waals surface area (Å²) in [5.74, 6) is 2.26. The van der Waals surface area contributed by atoms with Crippen LogP contribution >= 0.6 is 11.3 Å². The first-order valence-electron chi connectivity index (χ1n) is 9.84. The zero-order valence-corrected chi connectivity index (χ0v) is 16.8. The quantitative estimate of drug-likeness (QED) is 0.659. The van der Waals surface area contributed by atoms with Gasteiger partial charge in [-0.05, 0) is 29.5 Å². The molecular weight excluding hydrogens is 388 g/mol. The Hall–Kier alpha value is -2.71. The van der Waals surface area contributed by atoms with Crippen molar-refractivity contribution in [3.63, 3.8) is 0 Å². The summed E-state index contributed by atoms with van der Waals surface area (Å²) < 4.78 is 11.2. The largest absolute Gasteiger partial charge is 0.492 e. The molecule has 0 aliphatic carbocycles. The van der Waals surface area contributed by atoms with Crippen molar-refractivity contribution in [2.24, 2.45) is 5.92 Å². The minimum Gasteiger partial charge on any atom is -0.492 e. The van der Waals surface area contributed by atoms with Gasteiger partial charge in [0, 0.05) is 26.2 Å². The van der Waals surface area contributed by atoms with Crippen LogP contribution in [0, 0.1) is 5.92 Å². The lowest BCUT2D eigenvalue weighted by molar-refractivity contribution is -0.138. The van der Waals surface area contributed by atoms with Crippen LogP contribution in [0.5, 0.6) is 5.75 Å². The standard InChI is InChI=1S/C21H22N4O3S/c26-21(16-12-15-4-1-2-5-17(15)27-14-16)25-9-7-24(8-10-25)13-19-22-20(23-28-19)18-6-3-11-29-18/h1-6,11,16H,7-10,12-14H2. The van der Waals surface area contributed by atoms with Gasteiger partial charge in [-0.3, -0.25) is 9.69 Å². The molecule has 7 nitrogen and oxygen atoms in total. The first-order chi connectivity index (χ1) is 14.3. The fourth-order valence-electron chi connectivity index (χ4n) is 3.89. The summed E-state index contributed by atoms with van der Waals surface area (Å²) in [6, 6.07) is 11.9. The fraction of sp³-hybridized carbons (Fsp3) is 0.381. The minimum atomic E-state index is -0.0965. The molecule has 0 radical (unpaired) electrons. The highest BCUT2D eigenvalue weighted by molar-refractivity contribution is 7.13. The number of piperazine rings is 1. The van der Waals surface area contributed by atoms with E-state index >= 15 is 0 Å². The molecule has 1 unspecified atom stereocenters. The van der Waals surface area contributed by atoms with Crippen molar-refractivity contribution < 1.29 is 14.1 Å². The third-order valence-electron chi connectivity index (χ3n) is 5.48. The summed E-state index contributed by atoms with van der Waals surface area (Å²) in [5.41, 5.74) is 1.12. The first kappa shape index (κ1) is 18.3. The van der Waals surface area contributed by atoms with Gasteiger partial charge < -0.3 is 14.2 Å². The molecule has 0 bridgehead atoms. The third-order valence-corrected chi connectivity index (χ3v) is 6.35. The van der Waals surface area contributed by atoms with Gasteiger partial charge in [0.1, 0.15) is 12.4 Å². The number of carbonyl (C=O) groups is 1. The Morgan fingerprint density at radius 1 is 1.14 bits per heavy atom. The van der Waals surface area contributed by atoms with Crippen molar-refractivity contribution in [2.45, 2.75) is 13.0 Å². The smallest absolute Gasteiger partial charge is 0.241 e. The number of rotatable bonds is 4. The van der Waals surface area contributed by atoms with Gasteiger partial charge in [-0.1, -0.05) is 29.4 Å². The van der Waals surface area contributed by atoms with Crippen molar-refractivity contribution in [1.29, 1.82) is 0 Å². The lowest BCUT2D eigenvalue weighted by atomic mass is 9.95. The van der Waals surface area contributed by atoms with Crippen LogP contribution < -0.4 is 4.74 Å². The van der Waals surface area contributed by atoms with Crippen LogP contribution in [0.2, 0.25) is 0 Å². The topological polar surface area (TPSA) is 71.7 Å². The molecule has 2 aliphatic rings. The van der Waals surface area contributed by atoms with E-state index in [-0.39, 0.29) is 11.8 Å². The number of benzene rings is 1. The van der Waals surface area contributed by atoms with Gasteiger partial charge in [-0.25, -0.2) is 0 Å². The van der Waals surface area contributed by atoms with Gasteiger partial charge in [0.25, 0.3) is 0 Å². The molecule has 1 aromatic carbocycles. The second kappa shape index (κ2) is 7.96. The second-order valence-corrected chi connectivity index (χ2v) is 8.36. The van der Waals surface area contributed by atoms with E-state index < -0.39 is 0 Å². The number of hydrogen-bond acceptors (Lipinski definition) is 7. The molecule has 3 aromatic rings. The Morgan fingerprint density at radius 2 is 2.00 bits per heavy atom. The van der Waals surface area contributed by atoms with Gasteiger partial charge in [0.2, 0.25) is 17.6 Å². The highest BCUT2D eigenvalue weighted by Crippen LogP contribution is 2.28. The van der Waals surface area contributed by atoms with Gasteiger partial charge >= 0.3 is 0 Å². The Kier molecular flexibility index (Phi) is 5.03. The number of nitrogens with zero attached hydrogens (tertiary/aromatic N) is 4. The van der Waals surface area contributed by atoms with Crippen LogP contribution in [0.4, 0.5) is 0 Å². The SMILES string of the molecule is O=C(C1COc2ccccc2C1)N1CCN(Cc2nc(-c3cccs3)no2)CC1. The number of fused-ring (bicyclic) bond motifs is 1. The highest BCUT2D eigenvalue weighted by atomic mass is 32.1. The molecule has 1 atom stereocenters. The van der Waals surface area contributed by atoms with Crippen molar-refractivity contribution in [3.05, 3.63) is 53.2 Å². The van der Waals surface area contributed by atoms with E-state index in [2.05, 4.69) is 15.0 Å². The van der Waals surface area contributed by atoms with Crippen LogP contribution in [-0.4, -0.2) is 58.6 Å². The Balaban J connectivity index is 1.14. The Morgan fingerprint density at radius 3 is 2.83 bits per heavy atom. The Bertz CT molecular complexity index is 979. The van der Waals surface area contributed by atoms with Gasteiger partial charge in [-0.2, -0.15) is 4.98 Å². The Labute approximate surface area is 172 Å². The minimum absolute atomic E-state index is 0.0965. The van der Waals surface area contributed by atoms with E-state index in [1.165, 1.54) is 0 Å². The van der Waals surface area contributed by atoms with Gasteiger partial charge in [0.15, 0.2) is 0 Å². The molecule has 0 saturated carbocycles. The van der Waals surface area contributed by atoms with E-state index in [0.29, 0.717) is 38.0 Å². The summed E-state index contributed by atoms with van der Waals surface area (Å²) in [4.78, 5) is 22.7. The maximum absolute atomic E-state index is 13.0. The van der Waals surface area contributed by atoms with Crippen LogP contribution in [0.3, 0.4) is 0 Å². The van der Waals surface area contributed by atoms with Gasteiger partial charge in [-0.15, -0.1) is 11.3 Å². The number of para-hydroxylation sites is 1. The molecule has 2 aromatic heterocycles. The summed E-state index contributed by atoms with van der Waals surface area (Å²) in [7, 11) is 0. The summed E-state index contributed by atoms with van der Waals surface area (Å²) in [6.07, 6.45) is 0.753. The van der Waals surface area contributed by atoms with Gasteiger partial charge in [0.05, 0.1) is 17.3 Å². The number of aromatic nitrogens is 2. The summed E-state index contributed by atoms with van der Waals surface area (Å²) in [5, 5.41) is 6.06. The molecule has 8 heteroatoms. The highest BCUT2D eigenvalue weighted by Gasteiger charge is 2.31. The molecule has 1 fully saturated rings. The van der Waals surface area contributed by atoms with E-state index in [1.807, 2.05) is 46.7 Å². The second-order valence-electron chi connectivity index (χ2n) is 7.41. The lowest BCUT2D eigenvalue weighted by Crippen LogP contribution is -2.51. The number of thiophene rings is 1. The molecule has 5 rings (SSSR count). The monoisotopic (exact) mass is 410 g/mol. The molecule has 2 aliphatic heterocycles. The van der Waals surface area contributed by atoms with E-state index in [1.54, 1.807) is 11.3 Å². The average Bonchev–Trinajstić information content (AvgIpc) is 3.45. The van der Waals surface area contributed by atoms with Crippen LogP contribution in [0.1, 0.15) is 11.5 Å². The number of ether oxygens (including phenoxy) is 1. The third kappa shape index (κ3) is 3.90. The number of carbonyl (C=O) groups excluding carboxylic acids is 1. The number of hydrogen-bond donors (Lipinski definition) is 0. The summed E-state index contributed by atoms with van der Waals surface area (Å²) >= 11 is 1.60.